The molecule has 0 unspecified atom stereocenters. The number of aromatic nitrogens is 1. The van der Waals surface area contributed by atoms with E-state index in [4.69, 9.17) is 23.2 Å². The van der Waals surface area contributed by atoms with Crippen LogP contribution in [0.1, 0.15) is 5.69 Å². The van der Waals surface area contributed by atoms with Crippen LogP contribution in [0.4, 0.5) is 17.6 Å². The van der Waals surface area contributed by atoms with Crippen LogP contribution in [0.3, 0.4) is 0 Å². The van der Waals surface area contributed by atoms with E-state index in [0.717, 1.165) is 17.8 Å². The van der Waals surface area contributed by atoms with Crippen LogP contribution < -0.4 is 0 Å². The van der Waals surface area contributed by atoms with Gasteiger partial charge < -0.3 is 4.98 Å². The molecule has 0 saturated heterocycles. The highest BCUT2D eigenvalue weighted by molar-refractivity contribution is 9.10. The van der Waals surface area contributed by atoms with Crippen LogP contribution in [-0.4, -0.2) is 4.98 Å². The SMILES string of the molecule is Fc1ccc(Sc2c(-c3ccc(Cl)cc3)[nH]c(C(F)(F)F)c2Br)cc1Cl. The minimum atomic E-state index is -4.57. The van der Waals surface area contributed by atoms with Crippen LogP contribution in [0.15, 0.2) is 56.7 Å². The number of benzene rings is 2. The zero-order valence-electron chi connectivity index (χ0n) is 12.6. The summed E-state index contributed by atoms with van der Waals surface area (Å²) in [5, 5.41) is 0.362. The Bertz CT molecular complexity index is 955. The van der Waals surface area contributed by atoms with E-state index >= 15 is 0 Å². The van der Waals surface area contributed by atoms with E-state index in [1.54, 1.807) is 24.3 Å². The lowest BCUT2D eigenvalue weighted by molar-refractivity contribution is -0.141. The summed E-state index contributed by atoms with van der Waals surface area (Å²) < 4.78 is 53.2. The number of rotatable bonds is 3. The van der Waals surface area contributed by atoms with Gasteiger partial charge in [0.25, 0.3) is 0 Å². The Morgan fingerprint density at radius 2 is 1.65 bits per heavy atom. The van der Waals surface area contributed by atoms with E-state index in [-0.39, 0.29) is 15.2 Å². The summed E-state index contributed by atoms with van der Waals surface area (Å²) in [6.45, 7) is 0. The molecular weight excluding hydrogens is 477 g/mol. The van der Waals surface area contributed by atoms with Crippen LogP contribution in [0.2, 0.25) is 10.0 Å². The fourth-order valence-corrected chi connectivity index (χ4v) is 4.38. The molecule has 3 aromatic rings. The molecule has 0 aliphatic carbocycles. The largest absolute Gasteiger partial charge is 0.432 e. The third kappa shape index (κ3) is 4.06. The molecule has 2 aromatic carbocycles. The molecule has 1 heterocycles. The van der Waals surface area contributed by atoms with Gasteiger partial charge in [0.2, 0.25) is 0 Å². The first-order valence-corrected chi connectivity index (χ1v) is 9.41. The van der Waals surface area contributed by atoms with Crippen molar-refractivity contribution in [3.05, 3.63) is 68.5 Å². The van der Waals surface area contributed by atoms with Crippen LogP contribution in [0.5, 0.6) is 0 Å². The molecule has 1 nitrogen and oxygen atoms in total. The lowest BCUT2D eigenvalue weighted by Gasteiger charge is -2.06. The Hall–Kier alpha value is -1.15. The van der Waals surface area contributed by atoms with Gasteiger partial charge in [0, 0.05) is 9.92 Å². The molecular formula is C17H8BrCl2F4NS. The molecule has 3 rings (SSSR count). The topological polar surface area (TPSA) is 15.8 Å². The second kappa shape index (κ2) is 7.46. The molecule has 0 saturated carbocycles. The highest BCUT2D eigenvalue weighted by Gasteiger charge is 2.37. The predicted molar refractivity (Wildman–Crippen MR) is 99.5 cm³/mol. The van der Waals surface area contributed by atoms with Crippen molar-refractivity contribution in [3.8, 4) is 11.3 Å². The minimum absolute atomic E-state index is 0.106. The number of aromatic amines is 1. The fourth-order valence-electron chi connectivity index (χ4n) is 2.23. The van der Waals surface area contributed by atoms with E-state index in [2.05, 4.69) is 20.9 Å². The van der Waals surface area contributed by atoms with Crippen molar-refractivity contribution < 1.29 is 17.6 Å². The number of nitrogens with one attached hydrogen (secondary N) is 1. The molecule has 1 aromatic heterocycles. The van der Waals surface area contributed by atoms with Crippen molar-refractivity contribution in [2.24, 2.45) is 0 Å². The average Bonchev–Trinajstić information content (AvgIpc) is 2.89. The Kier molecular flexibility index (Phi) is 5.63. The van der Waals surface area contributed by atoms with Crippen molar-refractivity contribution in [2.75, 3.05) is 0 Å². The summed E-state index contributed by atoms with van der Waals surface area (Å²) in [5.74, 6) is -0.599. The summed E-state index contributed by atoms with van der Waals surface area (Å²) in [6, 6.07) is 10.4. The first kappa shape index (κ1) is 19.6. The number of halogens is 7. The fraction of sp³-hybridized carbons (Fsp3) is 0.0588. The van der Waals surface area contributed by atoms with Crippen LogP contribution in [-0.2, 0) is 6.18 Å². The molecule has 0 atom stereocenters. The molecule has 0 amide bonds. The second-order valence-corrected chi connectivity index (χ2v) is 7.92. The minimum Gasteiger partial charge on any atom is -0.349 e. The monoisotopic (exact) mass is 483 g/mol. The van der Waals surface area contributed by atoms with Gasteiger partial charge in [-0.1, -0.05) is 47.1 Å². The molecule has 0 fully saturated rings. The number of hydrogen-bond acceptors (Lipinski definition) is 1. The van der Waals surface area contributed by atoms with E-state index in [9.17, 15) is 17.6 Å². The van der Waals surface area contributed by atoms with Gasteiger partial charge in [-0.05, 0) is 51.8 Å². The summed E-state index contributed by atoms with van der Waals surface area (Å²) in [4.78, 5) is 3.24. The molecule has 0 spiro atoms. The van der Waals surface area contributed by atoms with Gasteiger partial charge in [-0.25, -0.2) is 4.39 Å². The first-order chi connectivity index (χ1) is 12.2. The van der Waals surface area contributed by atoms with Gasteiger partial charge in [0.1, 0.15) is 11.5 Å². The summed E-state index contributed by atoms with van der Waals surface area (Å²) in [5.41, 5.74) is -0.106. The Morgan fingerprint density at radius 3 is 2.23 bits per heavy atom. The highest BCUT2D eigenvalue weighted by Crippen LogP contribution is 2.47. The molecule has 0 bridgehead atoms. The normalized spacial score (nSPS) is 11.8. The Balaban J connectivity index is 2.13. The van der Waals surface area contributed by atoms with Gasteiger partial charge in [0.15, 0.2) is 0 Å². The maximum absolute atomic E-state index is 13.3. The van der Waals surface area contributed by atoms with Crippen molar-refractivity contribution in [1.82, 2.24) is 4.98 Å². The summed E-state index contributed by atoms with van der Waals surface area (Å²) in [7, 11) is 0. The van der Waals surface area contributed by atoms with Gasteiger partial charge >= 0.3 is 6.18 Å². The molecule has 136 valence electrons. The molecule has 0 aliphatic heterocycles. The van der Waals surface area contributed by atoms with Gasteiger partial charge in [0.05, 0.1) is 20.1 Å². The molecule has 9 heteroatoms. The van der Waals surface area contributed by atoms with E-state index < -0.39 is 17.7 Å². The maximum atomic E-state index is 13.3. The first-order valence-electron chi connectivity index (χ1n) is 7.04. The third-order valence-corrected chi connectivity index (χ3v) is 6.12. The second-order valence-electron chi connectivity index (χ2n) is 5.20. The zero-order valence-corrected chi connectivity index (χ0v) is 16.5. The lowest BCUT2D eigenvalue weighted by Crippen LogP contribution is -2.06. The van der Waals surface area contributed by atoms with Crippen LogP contribution in [0, 0.1) is 5.82 Å². The summed E-state index contributed by atoms with van der Waals surface area (Å²) in [6.07, 6.45) is -4.57. The molecule has 1 N–H and O–H groups in total. The van der Waals surface area contributed by atoms with Gasteiger partial charge in [-0.3, -0.25) is 0 Å². The van der Waals surface area contributed by atoms with Gasteiger partial charge in [-0.2, -0.15) is 13.2 Å². The third-order valence-electron chi connectivity index (χ3n) is 3.42. The maximum Gasteiger partial charge on any atom is 0.432 e. The van der Waals surface area contributed by atoms with Gasteiger partial charge in [-0.15, -0.1) is 0 Å². The zero-order chi connectivity index (χ0) is 19.1. The van der Waals surface area contributed by atoms with E-state index in [1.165, 1.54) is 12.1 Å². The Morgan fingerprint density at radius 1 is 1.00 bits per heavy atom. The summed E-state index contributed by atoms with van der Waals surface area (Å²) >= 11 is 15.7. The standard InChI is InChI=1S/C17H8BrCl2F4NS/c18-13-15(26-10-5-6-12(21)11(20)7-10)14(25-16(13)17(22,23)24)8-1-3-9(19)4-2-8/h1-7,25H. The van der Waals surface area contributed by atoms with Crippen LogP contribution >= 0.6 is 50.9 Å². The quantitative estimate of drug-likeness (QED) is 0.371. The number of alkyl halides is 3. The number of hydrogen-bond donors (Lipinski definition) is 1. The van der Waals surface area contributed by atoms with Crippen molar-refractivity contribution >= 4 is 50.9 Å². The Labute approximate surface area is 168 Å². The molecule has 0 aliphatic rings. The molecule has 26 heavy (non-hydrogen) atoms. The predicted octanol–water partition coefficient (Wildman–Crippen LogP) is 8.06. The van der Waals surface area contributed by atoms with Crippen molar-refractivity contribution in [3.63, 3.8) is 0 Å². The van der Waals surface area contributed by atoms with Crippen molar-refractivity contribution in [1.29, 1.82) is 0 Å². The lowest BCUT2D eigenvalue weighted by atomic mass is 10.2. The smallest absolute Gasteiger partial charge is 0.349 e. The van der Waals surface area contributed by atoms with Crippen LogP contribution in [0.25, 0.3) is 11.3 Å². The van der Waals surface area contributed by atoms with E-state index in [0.29, 0.717) is 20.4 Å². The number of H-pyrrole nitrogens is 1. The van der Waals surface area contributed by atoms with E-state index in [1.807, 2.05) is 0 Å². The molecule has 0 radical (unpaired) electrons. The van der Waals surface area contributed by atoms with Crippen molar-refractivity contribution in [2.45, 2.75) is 16.0 Å². The average molecular weight is 485 g/mol. The highest BCUT2D eigenvalue weighted by atomic mass is 79.9.